The number of hydrogen-bond acceptors (Lipinski definition) is 3. The number of benzene rings is 2. The van der Waals surface area contributed by atoms with Gasteiger partial charge < -0.3 is 15.2 Å². The number of carbonyl (C=O) groups excluding carboxylic acids is 1. The highest BCUT2D eigenvalue weighted by atomic mass is 16.5. The van der Waals surface area contributed by atoms with Crippen molar-refractivity contribution in [2.45, 2.75) is 26.4 Å². The fourth-order valence-electron chi connectivity index (χ4n) is 1.86. The maximum Gasteiger partial charge on any atom is 0.224 e. The summed E-state index contributed by atoms with van der Waals surface area (Å²) in [5, 5.41) is 11.8. The number of rotatable bonds is 6. The summed E-state index contributed by atoms with van der Waals surface area (Å²) in [6, 6.07) is 14.5. The van der Waals surface area contributed by atoms with E-state index in [0.717, 1.165) is 17.7 Å². The second-order valence-corrected chi connectivity index (χ2v) is 4.73. The molecule has 1 amide bonds. The number of ether oxygens (including phenoxy) is 1. The fraction of sp³-hybridized carbons (Fsp3) is 0.235. The van der Waals surface area contributed by atoms with Crippen molar-refractivity contribution in [2.24, 2.45) is 0 Å². The van der Waals surface area contributed by atoms with E-state index in [0.29, 0.717) is 17.9 Å². The van der Waals surface area contributed by atoms with E-state index in [2.05, 4.69) is 5.32 Å². The molecule has 21 heavy (non-hydrogen) atoms. The maximum atomic E-state index is 11.5. The van der Waals surface area contributed by atoms with E-state index in [-0.39, 0.29) is 12.5 Å². The summed E-state index contributed by atoms with van der Waals surface area (Å²) in [6.45, 7) is 1.99. The van der Waals surface area contributed by atoms with Crippen molar-refractivity contribution < 1.29 is 14.6 Å². The molecule has 0 spiro atoms. The topological polar surface area (TPSA) is 58.6 Å². The van der Waals surface area contributed by atoms with E-state index in [1.807, 2.05) is 55.5 Å². The number of carbonyl (C=O) groups is 1. The molecule has 4 heteroatoms. The molecule has 2 N–H and O–H groups in total. The standard InChI is InChI=1S/C17H19NO3/c1-2-3-17(20)18-14-6-10-16(11-7-14)21-15-8-4-13(12-19)5-9-15/h4-11,19H,2-3,12H2,1H3,(H,18,20). The normalized spacial score (nSPS) is 10.2. The summed E-state index contributed by atoms with van der Waals surface area (Å²) in [6.07, 6.45) is 1.35. The van der Waals surface area contributed by atoms with Crippen molar-refractivity contribution in [2.75, 3.05) is 5.32 Å². The average molecular weight is 285 g/mol. The summed E-state index contributed by atoms with van der Waals surface area (Å²) in [5.74, 6) is 1.42. The number of anilines is 1. The molecule has 110 valence electrons. The zero-order valence-electron chi connectivity index (χ0n) is 12.0. The quantitative estimate of drug-likeness (QED) is 0.850. The number of aliphatic hydroxyl groups excluding tert-OH is 1. The predicted molar refractivity (Wildman–Crippen MR) is 82.4 cm³/mol. The van der Waals surface area contributed by atoms with Crippen LogP contribution in [0.25, 0.3) is 0 Å². The molecule has 0 bridgehead atoms. The van der Waals surface area contributed by atoms with Crippen LogP contribution in [0.4, 0.5) is 5.69 Å². The summed E-state index contributed by atoms with van der Waals surface area (Å²) < 4.78 is 5.69. The first-order chi connectivity index (χ1) is 10.2. The minimum absolute atomic E-state index is 0.0192. The molecule has 2 aromatic rings. The summed E-state index contributed by atoms with van der Waals surface area (Å²) in [5.41, 5.74) is 1.60. The lowest BCUT2D eigenvalue weighted by molar-refractivity contribution is -0.116. The number of amides is 1. The third-order valence-corrected chi connectivity index (χ3v) is 2.96. The third-order valence-electron chi connectivity index (χ3n) is 2.96. The van der Waals surface area contributed by atoms with Gasteiger partial charge in [-0.05, 0) is 48.4 Å². The second-order valence-electron chi connectivity index (χ2n) is 4.73. The monoisotopic (exact) mass is 285 g/mol. The van der Waals surface area contributed by atoms with Crippen molar-refractivity contribution >= 4 is 11.6 Å². The lowest BCUT2D eigenvalue weighted by atomic mass is 10.2. The van der Waals surface area contributed by atoms with Crippen LogP contribution >= 0.6 is 0 Å². The van der Waals surface area contributed by atoms with Crippen molar-refractivity contribution in [1.82, 2.24) is 0 Å². The van der Waals surface area contributed by atoms with Gasteiger partial charge in [0.05, 0.1) is 6.61 Å². The van der Waals surface area contributed by atoms with Crippen LogP contribution in [0.2, 0.25) is 0 Å². The second kappa shape index (κ2) is 7.45. The largest absolute Gasteiger partial charge is 0.457 e. The highest BCUT2D eigenvalue weighted by Crippen LogP contribution is 2.23. The first-order valence-corrected chi connectivity index (χ1v) is 6.99. The molecule has 0 saturated carbocycles. The molecular formula is C17H19NO3. The zero-order valence-corrected chi connectivity index (χ0v) is 12.0. The Labute approximate surface area is 124 Å². The summed E-state index contributed by atoms with van der Waals surface area (Å²) in [4.78, 5) is 11.5. The van der Waals surface area contributed by atoms with Gasteiger partial charge >= 0.3 is 0 Å². The average Bonchev–Trinajstić information content (AvgIpc) is 2.50. The Balaban J connectivity index is 1.96. The number of hydrogen-bond donors (Lipinski definition) is 2. The van der Waals surface area contributed by atoms with Crippen LogP contribution < -0.4 is 10.1 Å². The molecule has 0 heterocycles. The molecule has 0 aliphatic carbocycles. The molecule has 0 atom stereocenters. The maximum absolute atomic E-state index is 11.5. The highest BCUT2D eigenvalue weighted by Gasteiger charge is 2.02. The van der Waals surface area contributed by atoms with Crippen LogP contribution in [0.5, 0.6) is 11.5 Å². The van der Waals surface area contributed by atoms with Gasteiger partial charge in [0.1, 0.15) is 11.5 Å². The third kappa shape index (κ3) is 4.61. The van der Waals surface area contributed by atoms with Gasteiger partial charge in [-0.25, -0.2) is 0 Å². The molecule has 0 unspecified atom stereocenters. The lowest BCUT2D eigenvalue weighted by Gasteiger charge is -2.08. The molecule has 0 radical (unpaired) electrons. The SMILES string of the molecule is CCCC(=O)Nc1ccc(Oc2ccc(CO)cc2)cc1. The molecular weight excluding hydrogens is 266 g/mol. The van der Waals surface area contributed by atoms with Crippen LogP contribution in [0, 0.1) is 0 Å². The molecule has 0 aromatic heterocycles. The number of nitrogens with one attached hydrogen (secondary N) is 1. The Morgan fingerprint density at radius 3 is 2.14 bits per heavy atom. The first kappa shape index (κ1) is 15.1. The van der Waals surface area contributed by atoms with Crippen LogP contribution in [0.15, 0.2) is 48.5 Å². The van der Waals surface area contributed by atoms with Gasteiger partial charge in [-0.15, -0.1) is 0 Å². The van der Waals surface area contributed by atoms with E-state index in [4.69, 9.17) is 9.84 Å². The molecule has 2 rings (SSSR count). The van der Waals surface area contributed by atoms with E-state index in [1.165, 1.54) is 0 Å². The van der Waals surface area contributed by atoms with Gasteiger partial charge in [0.15, 0.2) is 0 Å². The Kier molecular flexibility index (Phi) is 5.35. The van der Waals surface area contributed by atoms with Gasteiger partial charge in [-0.1, -0.05) is 19.1 Å². The first-order valence-electron chi connectivity index (χ1n) is 6.99. The molecule has 0 aliphatic rings. The van der Waals surface area contributed by atoms with Crippen molar-refractivity contribution in [3.63, 3.8) is 0 Å². The van der Waals surface area contributed by atoms with Gasteiger partial charge in [0, 0.05) is 12.1 Å². The van der Waals surface area contributed by atoms with Gasteiger partial charge in [0.25, 0.3) is 0 Å². The Bertz CT molecular complexity index is 576. The zero-order chi connectivity index (χ0) is 15.1. The molecule has 0 fully saturated rings. The molecule has 4 nitrogen and oxygen atoms in total. The van der Waals surface area contributed by atoms with Crippen molar-refractivity contribution in [1.29, 1.82) is 0 Å². The molecule has 0 aliphatic heterocycles. The van der Waals surface area contributed by atoms with Gasteiger partial charge in [0.2, 0.25) is 5.91 Å². The van der Waals surface area contributed by atoms with Crippen LogP contribution in [-0.4, -0.2) is 11.0 Å². The molecule has 0 saturated heterocycles. The van der Waals surface area contributed by atoms with Crippen LogP contribution in [0.1, 0.15) is 25.3 Å². The fourth-order valence-corrected chi connectivity index (χ4v) is 1.86. The predicted octanol–water partition coefficient (Wildman–Crippen LogP) is 3.71. The molecule has 2 aromatic carbocycles. The summed E-state index contributed by atoms with van der Waals surface area (Å²) >= 11 is 0. The van der Waals surface area contributed by atoms with Gasteiger partial charge in [-0.2, -0.15) is 0 Å². The van der Waals surface area contributed by atoms with E-state index in [1.54, 1.807) is 0 Å². The van der Waals surface area contributed by atoms with E-state index in [9.17, 15) is 4.79 Å². The number of aliphatic hydroxyl groups is 1. The highest BCUT2D eigenvalue weighted by molar-refractivity contribution is 5.90. The van der Waals surface area contributed by atoms with Crippen molar-refractivity contribution in [3.05, 3.63) is 54.1 Å². The van der Waals surface area contributed by atoms with Crippen LogP contribution in [-0.2, 0) is 11.4 Å². The smallest absolute Gasteiger partial charge is 0.224 e. The minimum Gasteiger partial charge on any atom is -0.457 e. The Hall–Kier alpha value is -2.33. The van der Waals surface area contributed by atoms with Crippen LogP contribution in [0.3, 0.4) is 0 Å². The summed E-state index contributed by atoms with van der Waals surface area (Å²) in [7, 11) is 0. The Morgan fingerprint density at radius 2 is 1.62 bits per heavy atom. The van der Waals surface area contributed by atoms with Gasteiger partial charge in [-0.3, -0.25) is 4.79 Å². The Morgan fingerprint density at radius 1 is 1.05 bits per heavy atom. The minimum atomic E-state index is 0.0192. The van der Waals surface area contributed by atoms with E-state index < -0.39 is 0 Å². The van der Waals surface area contributed by atoms with Crippen molar-refractivity contribution in [3.8, 4) is 11.5 Å². The van der Waals surface area contributed by atoms with E-state index >= 15 is 0 Å². The lowest BCUT2D eigenvalue weighted by Crippen LogP contribution is -2.10.